The fourth-order valence-corrected chi connectivity index (χ4v) is 3.76. The summed E-state index contributed by atoms with van der Waals surface area (Å²) in [5.41, 5.74) is 8.37. The number of carboxylic acids is 2. The number of carbonyl (C=O) groups is 3. The van der Waals surface area contributed by atoms with Gasteiger partial charge in [-0.2, -0.15) is 0 Å². The van der Waals surface area contributed by atoms with Gasteiger partial charge in [0, 0.05) is 6.54 Å². The molecule has 0 bridgehead atoms. The summed E-state index contributed by atoms with van der Waals surface area (Å²) in [5, 5.41) is 18.8. The van der Waals surface area contributed by atoms with Crippen molar-refractivity contribution in [1.82, 2.24) is 10.4 Å². The Balaban J connectivity index is 1.65. The summed E-state index contributed by atoms with van der Waals surface area (Å²) >= 11 is 0. The number of piperidine rings is 1. The van der Waals surface area contributed by atoms with Crippen molar-refractivity contribution in [1.29, 1.82) is 0 Å². The second-order valence-electron chi connectivity index (χ2n) is 7.30. The number of anilines is 1. The van der Waals surface area contributed by atoms with Crippen LogP contribution in [0.25, 0.3) is 11.1 Å². The van der Waals surface area contributed by atoms with E-state index in [1.54, 1.807) is 12.1 Å². The molecule has 9 nitrogen and oxygen atoms in total. The SMILES string of the molecule is Nc1c(C(=O)O)c2ccc(CC(=O)NOCCN3CCCCC3)ccc-2c1C(=O)O. The van der Waals surface area contributed by atoms with Gasteiger partial charge in [-0.25, -0.2) is 15.1 Å². The molecule has 1 heterocycles. The van der Waals surface area contributed by atoms with Gasteiger partial charge in [0.1, 0.15) is 0 Å². The Morgan fingerprint density at radius 3 is 2.07 bits per heavy atom. The molecule has 0 unspecified atom stereocenters. The lowest BCUT2D eigenvalue weighted by atomic mass is 10.1. The quantitative estimate of drug-likeness (QED) is 0.378. The number of nitrogens with one attached hydrogen (secondary N) is 1. The van der Waals surface area contributed by atoms with E-state index in [0.29, 0.717) is 12.2 Å². The molecule has 0 saturated carbocycles. The average molecular weight is 415 g/mol. The van der Waals surface area contributed by atoms with E-state index in [1.807, 2.05) is 0 Å². The van der Waals surface area contributed by atoms with E-state index < -0.39 is 11.9 Å². The van der Waals surface area contributed by atoms with Crippen molar-refractivity contribution in [3.8, 4) is 11.1 Å². The fraction of sp³-hybridized carbons (Fsp3) is 0.381. The van der Waals surface area contributed by atoms with Gasteiger partial charge in [-0.1, -0.05) is 30.7 Å². The molecule has 160 valence electrons. The average Bonchev–Trinajstić information content (AvgIpc) is 2.85. The van der Waals surface area contributed by atoms with Crippen LogP contribution in [0.1, 0.15) is 45.5 Å². The van der Waals surface area contributed by atoms with Crippen molar-refractivity contribution in [3.05, 3.63) is 41.0 Å². The molecule has 0 spiro atoms. The van der Waals surface area contributed by atoms with Crippen LogP contribution in [-0.2, 0) is 16.1 Å². The Hall–Kier alpha value is -3.17. The monoisotopic (exact) mass is 415 g/mol. The lowest BCUT2D eigenvalue weighted by Gasteiger charge is -2.25. The molecule has 0 aromatic carbocycles. The number of fused-ring (bicyclic) bond motifs is 1. The molecule has 0 radical (unpaired) electrons. The minimum absolute atomic E-state index is 0.00127. The molecule has 3 rings (SSSR count). The number of nitrogens with two attached hydrogens (primary N) is 1. The number of carboxylic acid groups (broad SMARTS) is 2. The molecule has 1 amide bonds. The number of carbonyl (C=O) groups excluding carboxylic acids is 1. The molecule has 9 heteroatoms. The number of rotatable bonds is 8. The molecular weight excluding hydrogens is 390 g/mol. The molecule has 0 aromatic heterocycles. The second kappa shape index (κ2) is 9.55. The third kappa shape index (κ3) is 4.87. The van der Waals surface area contributed by atoms with Crippen molar-refractivity contribution >= 4 is 23.5 Å². The van der Waals surface area contributed by atoms with E-state index in [9.17, 15) is 24.6 Å². The summed E-state index contributed by atoms with van der Waals surface area (Å²) < 4.78 is 0. The van der Waals surface area contributed by atoms with Crippen LogP contribution in [0.15, 0.2) is 24.3 Å². The van der Waals surface area contributed by atoms with Crippen LogP contribution in [0.4, 0.5) is 5.69 Å². The molecule has 0 aromatic rings. The van der Waals surface area contributed by atoms with Gasteiger partial charge in [-0.15, -0.1) is 0 Å². The van der Waals surface area contributed by atoms with Crippen molar-refractivity contribution in [2.75, 3.05) is 32.0 Å². The van der Waals surface area contributed by atoms with Crippen LogP contribution >= 0.6 is 0 Å². The lowest BCUT2D eigenvalue weighted by Crippen LogP contribution is -2.35. The highest BCUT2D eigenvalue weighted by molar-refractivity contribution is 6.14. The van der Waals surface area contributed by atoms with Crippen molar-refractivity contribution < 1.29 is 29.4 Å². The largest absolute Gasteiger partial charge is 0.478 e. The standard InChI is InChI=1S/C21H25N3O6/c22-19-17(20(26)27)14-6-4-13(5-7-15(14)18(19)21(28)29)12-16(25)23-30-11-10-24-8-2-1-3-9-24/h4-7H,1-3,8-12,22H2,(H,23,25)(H,26,27)(H,28,29). The van der Waals surface area contributed by atoms with E-state index in [2.05, 4.69) is 10.4 Å². The Labute approximate surface area is 173 Å². The third-order valence-corrected chi connectivity index (χ3v) is 5.23. The van der Waals surface area contributed by atoms with Crippen LogP contribution < -0.4 is 11.2 Å². The Morgan fingerprint density at radius 1 is 0.967 bits per heavy atom. The maximum Gasteiger partial charge on any atom is 0.338 e. The van der Waals surface area contributed by atoms with Crippen molar-refractivity contribution in [2.24, 2.45) is 0 Å². The molecular formula is C21H25N3O6. The number of hydrogen-bond donors (Lipinski definition) is 4. The summed E-state index contributed by atoms with van der Waals surface area (Å²) in [5.74, 6) is -2.97. The first-order valence-electron chi connectivity index (χ1n) is 9.82. The van der Waals surface area contributed by atoms with Crippen molar-refractivity contribution in [3.63, 3.8) is 0 Å². The van der Waals surface area contributed by atoms with Crippen LogP contribution in [0, 0.1) is 0 Å². The summed E-state index contributed by atoms with van der Waals surface area (Å²) in [4.78, 5) is 42.8. The number of nitrogen functional groups attached to an aromatic ring is 1. The Kier molecular flexibility index (Phi) is 6.86. The normalized spacial score (nSPS) is 14.5. The molecule has 1 fully saturated rings. The molecule has 3 aliphatic rings. The summed E-state index contributed by atoms with van der Waals surface area (Å²) in [6, 6.07) is 6.10. The van der Waals surface area contributed by atoms with Gasteiger partial charge in [-0.05, 0) is 42.6 Å². The summed E-state index contributed by atoms with van der Waals surface area (Å²) in [6.07, 6.45) is 3.63. The zero-order valence-corrected chi connectivity index (χ0v) is 16.5. The highest BCUT2D eigenvalue weighted by Crippen LogP contribution is 2.38. The van der Waals surface area contributed by atoms with Crippen LogP contribution in [0.5, 0.6) is 0 Å². The summed E-state index contributed by atoms with van der Waals surface area (Å²) in [6.45, 7) is 3.25. The molecule has 1 saturated heterocycles. The van der Waals surface area contributed by atoms with Gasteiger partial charge in [-0.3, -0.25) is 9.63 Å². The van der Waals surface area contributed by atoms with Gasteiger partial charge in [0.05, 0.1) is 29.8 Å². The van der Waals surface area contributed by atoms with E-state index in [-0.39, 0.29) is 40.3 Å². The first-order chi connectivity index (χ1) is 14.4. The maximum absolute atomic E-state index is 12.1. The van der Waals surface area contributed by atoms with E-state index in [1.165, 1.54) is 31.4 Å². The highest BCUT2D eigenvalue weighted by atomic mass is 16.6. The Bertz CT molecular complexity index is 872. The zero-order valence-electron chi connectivity index (χ0n) is 16.5. The van der Waals surface area contributed by atoms with Gasteiger partial charge in [0.15, 0.2) is 0 Å². The first kappa shape index (κ1) is 21.5. The fourth-order valence-electron chi connectivity index (χ4n) is 3.76. The number of nitrogens with zero attached hydrogens (tertiary/aromatic N) is 1. The molecule has 30 heavy (non-hydrogen) atoms. The van der Waals surface area contributed by atoms with E-state index in [0.717, 1.165) is 19.6 Å². The summed E-state index contributed by atoms with van der Waals surface area (Å²) in [7, 11) is 0. The van der Waals surface area contributed by atoms with Gasteiger partial charge in [0.25, 0.3) is 0 Å². The molecule has 2 aliphatic carbocycles. The molecule has 5 N–H and O–H groups in total. The smallest absolute Gasteiger partial charge is 0.338 e. The van der Waals surface area contributed by atoms with Gasteiger partial charge >= 0.3 is 11.9 Å². The molecule has 1 aliphatic heterocycles. The zero-order chi connectivity index (χ0) is 21.7. The predicted octanol–water partition coefficient (Wildman–Crippen LogP) is 1.85. The first-order valence-corrected chi connectivity index (χ1v) is 9.82. The number of amides is 1. The van der Waals surface area contributed by atoms with E-state index in [4.69, 9.17) is 10.6 Å². The molecule has 0 atom stereocenters. The van der Waals surface area contributed by atoms with Gasteiger partial charge in [0.2, 0.25) is 5.91 Å². The minimum Gasteiger partial charge on any atom is -0.478 e. The Morgan fingerprint density at radius 2 is 1.53 bits per heavy atom. The second-order valence-corrected chi connectivity index (χ2v) is 7.30. The van der Waals surface area contributed by atoms with E-state index >= 15 is 0 Å². The van der Waals surface area contributed by atoms with Crippen LogP contribution in [0.3, 0.4) is 0 Å². The minimum atomic E-state index is -1.31. The number of aromatic carboxylic acids is 2. The van der Waals surface area contributed by atoms with Crippen molar-refractivity contribution in [2.45, 2.75) is 25.7 Å². The van der Waals surface area contributed by atoms with Crippen LogP contribution in [-0.4, -0.2) is 59.2 Å². The number of hydroxylamine groups is 1. The predicted molar refractivity (Wildman–Crippen MR) is 109 cm³/mol. The number of likely N-dealkylation sites (tertiary alicyclic amines) is 1. The maximum atomic E-state index is 12.1. The van der Waals surface area contributed by atoms with Gasteiger partial charge < -0.3 is 20.8 Å². The highest BCUT2D eigenvalue weighted by Gasteiger charge is 2.28. The number of hydrogen-bond acceptors (Lipinski definition) is 6. The topological polar surface area (TPSA) is 142 Å². The third-order valence-electron chi connectivity index (χ3n) is 5.23. The van der Waals surface area contributed by atoms with Crippen LogP contribution in [0.2, 0.25) is 0 Å². The lowest BCUT2D eigenvalue weighted by molar-refractivity contribution is -0.133.